The third-order valence-electron chi connectivity index (χ3n) is 2.70. The Labute approximate surface area is 130 Å². The van der Waals surface area contributed by atoms with Crippen LogP contribution in [0.2, 0.25) is 0 Å². The lowest BCUT2D eigenvalue weighted by atomic mass is 10.1. The number of primary amides is 1. The summed E-state index contributed by atoms with van der Waals surface area (Å²) in [4.78, 5) is 22.6. The van der Waals surface area contributed by atoms with E-state index in [0.717, 1.165) is 0 Å². The first-order valence-electron chi connectivity index (χ1n) is 7.10. The number of hydrogen-bond donors (Lipinski definition) is 2. The van der Waals surface area contributed by atoms with E-state index in [1.54, 1.807) is 12.3 Å². The number of amides is 2. The second kappa shape index (κ2) is 7.11. The molecule has 0 aliphatic rings. The monoisotopic (exact) mass is 308 g/mol. The molecule has 0 spiro atoms. The lowest BCUT2D eigenvalue weighted by Gasteiger charge is -2.21. The molecule has 122 valence electrons. The molecule has 0 aromatic carbocycles. The van der Waals surface area contributed by atoms with E-state index in [4.69, 9.17) is 10.5 Å². The van der Waals surface area contributed by atoms with Gasteiger partial charge >= 0.3 is 0 Å². The highest BCUT2D eigenvalue weighted by molar-refractivity contribution is 5.95. The van der Waals surface area contributed by atoms with Crippen LogP contribution in [0.1, 0.15) is 45.0 Å². The normalized spacial score (nSPS) is 11.9. The zero-order chi connectivity index (χ0) is 16.9. The summed E-state index contributed by atoms with van der Waals surface area (Å²) in [6, 6.07) is 0. The topological polar surface area (TPSA) is 99.2 Å². The van der Waals surface area contributed by atoms with E-state index in [2.05, 4.69) is 10.4 Å². The summed E-state index contributed by atoms with van der Waals surface area (Å²) in [5.74, 6) is -0.135. The van der Waals surface area contributed by atoms with E-state index in [9.17, 15) is 9.59 Å². The van der Waals surface area contributed by atoms with Crippen LogP contribution < -0.4 is 15.8 Å². The second-order valence-electron chi connectivity index (χ2n) is 6.10. The lowest BCUT2D eigenvalue weighted by Crippen LogP contribution is -2.40. The number of ether oxygens (including phenoxy) is 1. The quantitative estimate of drug-likeness (QED) is 0.795. The number of nitrogens with zero attached hydrogens (tertiary/aromatic N) is 2. The molecule has 1 aromatic heterocycles. The van der Waals surface area contributed by atoms with Gasteiger partial charge in [-0.2, -0.15) is 5.10 Å². The van der Waals surface area contributed by atoms with Crippen LogP contribution in [-0.4, -0.2) is 33.7 Å². The van der Waals surface area contributed by atoms with Gasteiger partial charge in [-0.25, -0.2) is 4.68 Å². The molecular weight excluding hydrogens is 284 g/mol. The molecule has 1 aromatic rings. The molecule has 0 fully saturated rings. The number of hydrogen-bond acceptors (Lipinski definition) is 4. The zero-order valence-corrected chi connectivity index (χ0v) is 13.7. The number of carbonyl (C=O) groups excluding carboxylic acids is 2. The van der Waals surface area contributed by atoms with Crippen molar-refractivity contribution in [3.63, 3.8) is 0 Å². The third-order valence-corrected chi connectivity index (χ3v) is 2.70. The average molecular weight is 308 g/mol. The number of nitrogens with one attached hydrogen (secondary N) is 1. The first kappa shape index (κ1) is 17.7. The molecule has 0 saturated carbocycles. The van der Waals surface area contributed by atoms with E-state index in [-0.39, 0.29) is 11.5 Å². The number of nitrogens with two attached hydrogens (primary N) is 1. The van der Waals surface area contributed by atoms with Crippen LogP contribution >= 0.6 is 0 Å². The van der Waals surface area contributed by atoms with Gasteiger partial charge < -0.3 is 15.8 Å². The van der Waals surface area contributed by atoms with Gasteiger partial charge in [-0.15, -0.1) is 0 Å². The summed E-state index contributed by atoms with van der Waals surface area (Å²) >= 11 is 0. The predicted molar refractivity (Wildman–Crippen MR) is 84.3 cm³/mol. The summed E-state index contributed by atoms with van der Waals surface area (Å²) in [7, 11) is 0. The predicted octanol–water partition coefficient (Wildman–Crippen LogP) is 1.40. The summed E-state index contributed by atoms with van der Waals surface area (Å²) in [5, 5.41) is 6.88. The van der Waals surface area contributed by atoms with Crippen molar-refractivity contribution in [3.05, 3.63) is 17.8 Å². The van der Waals surface area contributed by atoms with Crippen LogP contribution in [0.15, 0.2) is 12.3 Å². The van der Waals surface area contributed by atoms with Gasteiger partial charge in [-0.05, 0) is 25.8 Å². The zero-order valence-electron chi connectivity index (χ0n) is 13.7. The Morgan fingerprint density at radius 2 is 2.14 bits per heavy atom. The minimum absolute atomic E-state index is 0.135. The second-order valence-corrected chi connectivity index (χ2v) is 6.10. The molecule has 1 heterocycles. The molecule has 0 atom stereocenters. The molecule has 7 nitrogen and oxygen atoms in total. The first-order chi connectivity index (χ1) is 10.1. The van der Waals surface area contributed by atoms with E-state index < -0.39 is 11.4 Å². The summed E-state index contributed by atoms with van der Waals surface area (Å²) in [6.45, 7) is 9.58. The fraction of sp³-hybridized carbons (Fsp3) is 0.533. The smallest absolute Gasteiger partial charge is 0.255 e. The Morgan fingerprint density at radius 3 is 2.64 bits per heavy atom. The van der Waals surface area contributed by atoms with Crippen molar-refractivity contribution in [2.75, 3.05) is 6.61 Å². The van der Waals surface area contributed by atoms with Gasteiger partial charge in [0.05, 0.1) is 18.3 Å². The van der Waals surface area contributed by atoms with Crippen molar-refractivity contribution in [2.24, 2.45) is 11.7 Å². The Kier molecular flexibility index (Phi) is 5.73. The molecule has 7 heteroatoms. The van der Waals surface area contributed by atoms with Gasteiger partial charge in [0.15, 0.2) is 0 Å². The van der Waals surface area contributed by atoms with Crippen molar-refractivity contribution >= 4 is 18.0 Å². The standard InChI is InChI=1S/C15H24N4O3/c1-10(2)9-22-14-12(13(16)21)8-17-19(14)7-6-15(4,5)18-11(3)20/h6-8,10H,9H2,1-5H3,(H2,16,21)(H,18,20)/b7-6+. The maximum atomic E-state index is 11.4. The highest BCUT2D eigenvalue weighted by atomic mass is 16.5. The van der Waals surface area contributed by atoms with Gasteiger partial charge in [0.25, 0.3) is 5.91 Å². The number of aromatic nitrogens is 2. The summed E-state index contributed by atoms with van der Waals surface area (Å²) in [6.07, 6.45) is 4.76. The molecule has 0 unspecified atom stereocenters. The van der Waals surface area contributed by atoms with Crippen molar-refractivity contribution in [1.82, 2.24) is 15.1 Å². The SMILES string of the molecule is CC(=O)NC(C)(C)/C=C/n1ncc(C(N)=O)c1OCC(C)C. The number of carbonyl (C=O) groups is 2. The highest BCUT2D eigenvalue weighted by Crippen LogP contribution is 2.20. The minimum atomic E-state index is -0.598. The van der Waals surface area contributed by atoms with Crippen molar-refractivity contribution in [1.29, 1.82) is 0 Å². The summed E-state index contributed by atoms with van der Waals surface area (Å²) < 4.78 is 7.07. The van der Waals surface area contributed by atoms with Crippen LogP contribution in [-0.2, 0) is 4.79 Å². The highest BCUT2D eigenvalue weighted by Gasteiger charge is 2.18. The minimum Gasteiger partial charge on any atom is -0.477 e. The van der Waals surface area contributed by atoms with E-state index in [1.165, 1.54) is 17.8 Å². The van der Waals surface area contributed by atoms with Gasteiger partial charge in [-0.1, -0.05) is 13.8 Å². The maximum absolute atomic E-state index is 11.4. The van der Waals surface area contributed by atoms with Crippen molar-refractivity contribution < 1.29 is 14.3 Å². The van der Waals surface area contributed by atoms with Gasteiger partial charge in [-0.3, -0.25) is 9.59 Å². The van der Waals surface area contributed by atoms with Crippen LogP contribution in [0.5, 0.6) is 5.88 Å². The average Bonchev–Trinajstić information content (AvgIpc) is 2.75. The Morgan fingerprint density at radius 1 is 1.50 bits per heavy atom. The maximum Gasteiger partial charge on any atom is 0.255 e. The Balaban J connectivity index is 3.03. The van der Waals surface area contributed by atoms with E-state index in [1.807, 2.05) is 27.7 Å². The molecule has 0 radical (unpaired) electrons. The van der Waals surface area contributed by atoms with Crippen molar-refractivity contribution in [2.45, 2.75) is 40.2 Å². The first-order valence-corrected chi connectivity index (χ1v) is 7.10. The number of rotatable bonds is 7. The molecule has 0 saturated heterocycles. The molecule has 0 aliphatic carbocycles. The fourth-order valence-electron chi connectivity index (χ4n) is 1.77. The van der Waals surface area contributed by atoms with Crippen LogP contribution in [0.3, 0.4) is 0 Å². The van der Waals surface area contributed by atoms with Gasteiger partial charge in [0.2, 0.25) is 11.8 Å². The third kappa shape index (κ3) is 5.23. The Hall–Kier alpha value is -2.31. The Bertz CT molecular complexity index is 573. The lowest BCUT2D eigenvalue weighted by molar-refractivity contribution is -0.120. The molecule has 22 heavy (non-hydrogen) atoms. The van der Waals surface area contributed by atoms with Crippen LogP contribution in [0.25, 0.3) is 6.20 Å². The van der Waals surface area contributed by atoms with Gasteiger partial charge in [0.1, 0.15) is 5.56 Å². The molecule has 1 rings (SSSR count). The van der Waals surface area contributed by atoms with E-state index >= 15 is 0 Å². The summed E-state index contributed by atoms with van der Waals surface area (Å²) in [5.41, 5.74) is 5.00. The van der Waals surface area contributed by atoms with Crippen LogP contribution in [0, 0.1) is 5.92 Å². The molecular formula is C15H24N4O3. The van der Waals surface area contributed by atoms with Crippen molar-refractivity contribution in [3.8, 4) is 5.88 Å². The van der Waals surface area contributed by atoms with E-state index in [0.29, 0.717) is 18.4 Å². The molecule has 3 N–H and O–H groups in total. The largest absolute Gasteiger partial charge is 0.477 e. The fourth-order valence-corrected chi connectivity index (χ4v) is 1.77. The molecule has 0 aliphatic heterocycles. The van der Waals surface area contributed by atoms with Gasteiger partial charge in [0, 0.05) is 13.1 Å². The molecule has 0 bridgehead atoms. The van der Waals surface area contributed by atoms with Crippen LogP contribution in [0.4, 0.5) is 0 Å². The molecule has 2 amide bonds.